The van der Waals surface area contributed by atoms with Crippen LogP contribution in [0.25, 0.3) is 0 Å². The third-order valence-corrected chi connectivity index (χ3v) is 7.45. The molecule has 170 valence electrons. The maximum atomic E-state index is 12.8. The number of nitrogens with two attached hydrogens (primary N) is 1. The second-order valence-electron chi connectivity index (χ2n) is 7.17. The third-order valence-electron chi connectivity index (χ3n) is 5.14. The summed E-state index contributed by atoms with van der Waals surface area (Å²) in [5, 5.41) is 19.4. The molecule has 2 atom stereocenters. The summed E-state index contributed by atoms with van der Waals surface area (Å²) in [5.74, 6) is -1.70. The van der Waals surface area contributed by atoms with E-state index in [1.165, 1.54) is 11.8 Å². The minimum atomic E-state index is -1.47. The number of carboxylic acid groups (broad SMARTS) is 1. The summed E-state index contributed by atoms with van der Waals surface area (Å²) < 4.78 is 5.70. The molecule has 0 radical (unpaired) electrons. The Hall–Kier alpha value is -1.86. The van der Waals surface area contributed by atoms with Crippen molar-refractivity contribution in [1.29, 1.82) is 0 Å². The Labute approximate surface area is 232 Å². The molecule has 2 aliphatic heterocycles. The fourth-order valence-corrected chi connectivity index (χ4v) is 5.31. The van der Waals surface area contributed by atoms with E-state index in [9.17, 15) is 19.5 Å². The number of rotatable bonds is 8. The predicted molar refractivity (Wildman–Crippen MR) is 127 cm³/mol. The zero-order chi connectivity index (χ0) is 23.5. The number of thiocarbonyl (C=S) groups is 1. The Morgan fingerprint density at radius 2 is 1.88 bits per heavy atom. The Kier molecular flexibility index (Phi) is 9.21. The molecule has 8 nitrogen and oxygen atoms in total. The maximum Gasteiger partial charge on any atom is 1.00 e. The van der Waals surface area contributed by atoms with Crippen molar-refractivity contribution < 1.29 is 53.8 Å². The van der Waals surface area contributed by atoms with Gasteiger partial charge in [0, 0.05) is 16.2 Å². The van der Waals surface area contributed by atoms with Gasteiger partial charge in [0.1, 0.15) is 28.6 Å². The Bertz CT molecular complexity index is 1140. The van der Waals surface area contributed by atoms with E-state index < -0.39 is 29.2 Å². The number of hydrogen-bond donors (Lipinski definition) is 2. The largest absolute Gasteiger partial charge is 1.00 e. The van der Waals surface area contributed by atoms with E-state index in [0.29, 0.717) is 22.6 Å². The summed E-state index contributed by atoms with van der Waals surface area (Å²) in [6.45, 7) is -0.0168. The van der Waals surface area contributed by atoms with E-state index in [1.807, 2.05) is 0 Å². The fourth-order valence-electron chi connectivity index (χ4n) is 3.50. The van der Waals surface area contributed by atoms with Crippen LogP contribution < -0.4 is 49.9 Å². The molecule has 0 bridgehead atoms. The molecule has 4 rings (SSSR count). The molecule has 12 heteroatoms. The molecule has 2 heterocycles. The number of carbonyl (C=O) groups is 3. The number of carbonyl (C=O) groups excluding carboxylic acids is 3. The van der Waals surface area contributed by atoms with Gasteiger partial charge in [0.15, 0.2) is 0 Å². The standard InChI is InChI=1S/C22H19N3O5S3.Na/c23-33-15-8-6-14(7-9-15)30-10-13-11-32-21-16(20(27)25(21)17(13)22(28)29)24-19(26)18(31)12-4-2-1-3-5-12;/h1-9,16,21H,10-11,23H2,(H,24,26)(H,28,29);/q;+1/p-1/t16?,21-;/m0./s1. The van der Waals surface area contributed by atoms with E-state index in [-0.39, 0.29) is 46.7 Å². The van der Waals surface area contributed by atoms with Crippen molar-refractivity contribution in [2.24, 2.45) is 5.14 Å². The van der Waals surface area contributed by atoms with E-state index in [0.717, 1.165) is 21.7 Å². The molecule has 1 unspecified atom stereocenters. The quantitative estimate of drug-likeness (QED) is 0.131. The van der Waals surface area contributed by atoms with Gasteiger partial charge in [-0.25, -0.2) is 0 Å². The molecule has 1 fully saturated rings. The van der Waals surface area contributed by atoms with Crippen molar-refractivity contribution in [1.82, 2.24) is 10.2 Å². The van der Waals surface area contributed by atoms with Crippen LogP contribution in [0.4, 0.5) is 0 Å². The monoisotopic (exact) mass is 523 g/mol. The Morgan fingerprint density at radius 1 is 1.21 bits per heavy atom. The van der Waals surface area contributed by atoms with Gasteiger partial charge in [0.25, 0.3) is 11.8 Å². The molecule has 3 N–H and O–H groups in total. The molecule has 2 aromatic rings. The molecular weight excluding hydrogens is 505 g/mol. The summed E-state index contributed by atoms with van der Waals surface area (Å²) in [7, 11) is 0. The minimum Gasteiger partial charge on any atom is -0.543 e. The van der Waals surface area contributed by atoms with Gasteiger partial charge >= 0.3 is 29.6 Å². The third kappa shape index (κ3) is 5.51. The second-order valence-corrected chi connectivity index (χ2v) is 9.39. The number of nitrogens with one attached hydrogen (secondary N) is 1. The summed E-state index contributed by atoms with van der Waals surface area (Å²) in [6.07, 6.45) is 0. The summed E-state index contributed by atoms with van der Waals surface area (Å²) in [6, 6.07) is 14.9. The number of β-lactam (4-membered cyclic amide) rings is 1. The first-order valence-corrected chi connectivity index (χ1v) is 12.1. The van der Waals surface area contributed by atoms with Crippen LogP contribution in [0.15, 0.2) is 70.8 Å². The average Bonchev–Trinajstić information content (AvgIpc) is 2.85. The molecule has 34 heavy (non-hydrogen) atoms. The molecule has 2 aromatic carbocycles. The van der Waals surface area contributed by atoms with Crippen molar-refractivity contribution in [2.45, 2.75) is 16.3 Å². The molecule has 0 aliphatic carbocycles. The number of thioether (sulfide) groups is 1. The fraction of sp³-hybridized carbons (Fsp3) is 0.182. The van der Waals surface area contributed by atoms with Gasteiger partial charge in [-0.1, -0.05) is 42.5 Å². The summed E-state index contributed by atoms with van der Waals surface area (Å²) >= 11 is 7.66. The van der Waals surface area contributed by atoms with Crippen LogP contribution in [0.5, 0.6) is 5.75 Å². The summed E-state index contributed by atoms with van der Waals surface area (Å²) in [5.41, 5.74) is 0.776. The van der Waals surface area contributed by atoms with Crippen molar-refractivity contribution in [3.8, 4) is 5.75 Å². The van der Waals surface area contributed by atoms with E-state index in [4.69, 9.17) is 22.1 Å². The van der Waals surface area contributed by atoms with Crippen molar-refractivity contribution in [3.05, 3.63) is 71.4 Å². The first-order valence-electron chi connectivity index (χ1n) is 9.78. The summed E-state index contributed by atoms with van der Waals surface area (Å²) in [4.78, 5) is 39.3. The normalized spacial score (nSPS) is 18.9. The topological polar surface area (TPSA) is 125 Å². The van der Waals surface area contributed by atoms with Crippen LogP contribution in [0.1, 0.15) is 5.56 Å². The number of nitrogens with zero attached hydrogens (tertiary/aromatic N) is 1. The number of ether oxygens (including phenoxy) is 1. The number of hydrogen-bond acceptors (Lipinski definition) is 9. The number of carboxylic acids is 1. The molecule has 0 saturated carbocycles. The van der Waals surface area contributed by atoms with Crippen molar-refractivity contribution >= 4 is 58.6 Å². The van der Waals surface area contributed by atoms with Crippen LogP contribution in [-0.2, 0) is 14.4 Å². The Balaban J connectivity index is 0.00000324. The van der Waals surface area contributed by atoms with Crippen LogP contribution in [0.3, 0.4) is 0 Å². The molecule has 2 amide bonds. The number of benzene rings is 2. The molecule has 0 spiro atoms. The number of aliphatic carboxylic acids is 1. The van der Waals surface area contributed by atoms with Gasteiger partial charge in [0.2, 0.25) is 0 Å². The van der Waals surface area contributed by atoms with Crippen LogP contribution >= 0.6 is 35.9 Å². The molecule has 0 aromatic heterocycles. The van der Waals surface area contributed by atoms with Gasteiger partial charge in [-0.15, -0.1) is 11.8 Å². The SMILES string of the molecule is NSc1ccc(OCC2=C(C(=O)[O-])N3C(=O)C(NC(=O)C(=S)c4ccccc4)[C@@H]3SC2)cc1.[Na+]. The maximum absolute atomic E-state index is 12.8. The smallest absolute Gasteiger partial charge is 0.543 e. The second kappa shape index (κ2) is 11.7. The molecule has 2 aliphatic rings. The van der Waals surface area contributed by atoms with E-state index in [1.54, 1.807) is 54.6 Å². The number of fused-ring (bicyclic) bond motifs is 1. The van der Waals surface area contributed by atoms with E-state index in [2.05, 4.69) is 5.32 Å². The zero-order valence-corrected chi connectivity index (χ0v) is 22.5. The van der Waals surface area contributed by atoms with Crippen LogP contribution in [-0.4, -0.2) is 51.3 Å². The molecular formula is C22H18N3NaO5S3. The van der Waals surface area contributed by atoms with Gasteiger partial charge in [-0.3, -0.25) is 19.6 Å². The predicted octanol–water partition coefficient (Wildman–Crippen LogP) is -2.14. The van der Waals surface area contributed by atoms with Crippen LogP contribution in [0.2, 0.25) is 0 Å². The first-order chi connectivity index (χ1) is 15.9. The average molecular weight is 524 g/mol. The van der Waals surface area contributed by atoms with Gasteiger partial charge < -0.3 is 20.0 Å². The van der Waals surface area contributed by atoms with E-state index >= 15 is 0 Å². The first kappa shape index (κ1) is 26.7. The van der Waals surface area contributed by atoms with Crippen LogP contribution in [0, 0.1) is 0 Å². The molecule has 1 saturated heterocycles. The van der Waals surface area contributed by atoms with Gasteiger partial charge in [0.05, 0.1) is 11.7 Å². The van der Waals surface area contributed by atoms with Gasteiger partial charge in [-0.2, -0.15) is 0 Å². The minimum absolute atomic E-state index is 0. The van der Waals surface area contributed by atoms with Crippen molar-refractivity contribution in [3.63, 3.8) is 0 Å². The Morgan fingerprint density at radius 3 is 2.50 bits per heavy atom. The van der Waals surface area contributed by atoms with Gasteiger partial charge in [-0.05, 0) is 41.8 Å². The zero-order valence-electron chi connectivity index (χ0n) is 18.1. The van der Waals surface area contributed by atoms with Crippen molar-refractivity contribution in [2.75, 3.05) is 12.4 Å². The number of amides is 2.